The fourth-order valence-electron chi connectivity index (χ4n) is 1.38. The van der Waals surface area contributed by atoms with Crippen molar-refractivity contribution < 1.29 is 4.79 Å². The highest BCUT2D eigenvalue weighted by Gasteiger charge is 2.25. The van der Waals surface area contributed by atoms with E-state index in [0.717, 1.165) is 6.54 Å². The van der Waals surface area contributed by atoms with E-state index >= 15 is 0 Å². The van der Waals surface area contributed by atoms with E-state index in [9.17, 15) is 4.79 Å². The Bertz CT molecular complexity index is 377. The van der Waals surface area contributed by atoms with E-state index < -0.39 is 5.54 Å². The van der Waals surface area contributed by atoms with Gasteiger partial charge in [-0.3, -0.25) is 4.79 Å². The number of amides is 1. The van der Waals surface area contributed by atoms with Gasteiger partial charge in [-0.1, -0.05) is 24.6 Å². The topological polar surface area (TPSA) is 41.1 Å². The minimum absolute atomic E-state index is 0.0726. The number of nitrogens with one attached hydrogen (secondary N) is 2. The summed E-state index contributed by atoms with van der Waals surface area (Å²) in [6.07, 6.45) is 0. The largest absolute Gasteiger partial charge is 0.324 e. The predicted octanol–water partition coefficient (Wildman–Crippen LogP) is 2.67. The molecule has 1 aromatic carbocycles. The summed E-state index contributed by atoms with van der Waals surface area (Å²) >= 11 is 5.84. The number of benzene rings is 1. The Morgan fingerprint density at radius 3 is 2.69 bits per heavy atom. The molecule has 1 aromatic rings. The van der Waals surface area contributed by atoms with Crippen LogP contribution in [0.2, 0.25) is 5.02 Å². The highest BCUT2D eigenvalue weighted by molar-refractivity contribution is 6.30. The van der Waals surface area contributed by atoms with Crippen LogP contribution in [-0.2, 0) is 4.79 Å². The molecule has 1 rings (SSSR count). The Kier molecular flexibility index (Phi) is 4.33. The quantitative estimate of drug-likeness (QED) is 0.850. The van der Waals surface area contributed by atoms with Gasteiger partial charge in [0, 0.05) is 10.7 Å². The van der Waals surface area contributed by atoms with Crippen molar-refractivity contribution in [2.45, 2.75) is 26.3 Å². The average molecular weight is 241 g/mol. The molecule has 0 fully saturated rings. The Labute approximate surface area is 101 Å². The van der Waals surface area contributed by atoms with Crippen LogP contribution in [0.15, 0.2) is 24.3 Å². The second-order valence-electron chi connectivity index (χ2n) is 4.12. The predicted molar refractivity (Wildman–Crippen MR) is 67.8 cm³/mol. The molecule has 88 valence electrons. The zero-order chi connectivity index (χ0) is 12.2. The van der Waals surface area contributed by atoms with E-state index in [0.29, 0.717) is 10.7 Å². The molecule has 2 N–H and O–H groups in total. The maximum Gasteiger partial charge on any atom is 0.244 e. The second-order valence-corrected chi connectivity index (χ2v) is 4.56. The summed E-state index contributed by atoms with van der Waals surface area (Å²) in [5.41, 5.74) is 0.125. The first-order valence-electron chi connectivity index (χ1n) is 5.28. The molecule has 0 heterocycles. The van der Waals surface area contributed by atoms with Crippen molar-refractivity contribution in [1.82, 2.24) is 5.32 Å². The smallest absolute Gasteiger partial charge is 0.244 e. The summed E-state index contributed by atoms with van der Waals surface area (Å²) in [6.45, 7) is 6.40. The molecule has 0 bridgehead atoms. The minimum atomic E-state index is -0.586. The molecule has 0 radical (unpaired) electrons. The number of anilines is 1. The third-order valence-electron chi connectivity index (χ3n) is 2.27. The number of rotatable bonds is 4. The van der Waals surface area contributed by atoms with Gasteiger partial charge in [0.1, 0.15) is 0 Å². The number of hydrogen-bond donors (Lipinski definition) is 2. The summed E-state index contributed by atoms with van der Waals surface area (Å²) in [7, 11) is 0. The molecule has 0 aliphatic carbocycles. The monoisotopic (exact) mass is 240 g/mol. The highest BCUT2D eigenvalue weighted by Crippen LogP contribution is 2.16. The first-order valence-corrected chi connectivity index (χ1v) is 5.65. The van der Waals surface area contributed by atoms with Gasteiger partial charge < -0.3 is 10.6 Å². The maximum atomic E-state index is 11.9. The average Bonchev–Trinajstić information content (AvgIpc) is 2.17. The minimum Gasteiger partial charge on any atom is -0.324 e. The van der Waals surface area contributed by atoms with Gasteiger partial charge in [0.15, 0.2) is 0 Å². The zero-order valence-electron chi connectivity index (χ0n) is 9.80. The molecule has 0 aliphatic heterocycles. The lowest BCUT2D eigenvalue weighted by Crippen LogP contribution is -2.49. The molecule has 16 heavy (non-hydrogen) atoms. The number of carbonyl (C=O) groups excluding carboxylic acids is 1. The molecule has 0 saturated carbocycles. The van der Waals surface area contributed by atoms with Crippen LogP contribution in [0.1, 0.15) is 20.8 Å². The van der Waals surface area contributed by atoms with Crippen LogP contribution in [0, 0.1) is 0 Å². The van der Waals surface area contributed by atoms with Crippen LogP contribution < -0.4 is 10.6 Å². The number of hydrogen-bond acceptors (Lipinski definition) is 2. The van der Waals surface area contributed by atoms with Gasteiger partial charge in [0.25, 0.3) is 0 Å². The van der Waals surface area contributed by atoms with Gasteiger partial charge in [0.2, 0.25) is 5.91 Å². The van der Waals surface area contributed by atoms with Crippen LogP contribution in [0.3, 0.4) is 0 Å². The van der Waals surface area contributed by atoms with Gasteiger partial charge in [0.05, 0.1) is 5.54 Å². The molecular weight excluding hydrogens is 224 g/mol. The molecule has 3 nitrogen and oxygen atoms in total. The van der Waals surface area contributed by atoms with Crippen molar-refractivity contribution in [3.8, 4) is 0 Å². The molecular formula is C12H17ClN2O. The van der Waals surface area contributed by atoms with Crippen molar-refractivity contribution in [2.75, 3.05) is 11.9 Å². The van der Waals surface area contributed by atoms with Crippen molar-refractivity contribution in [1.29, 1.82) is 0 Å². The summed E-state index contributed by atoms with van der Waals surface area (Å²) < 4.78 is 0. The highest BCUT2D eigenvalue weighted by atomic mass is 35.5. The van der Waals surface area contributed by atoms with Crippen LogP contribution >= 0.6 is 11.6 Å². The Morgan fingerprint density at radius 1 is 1.44 bits per heavy atom. The van der Waals surface area contributed by atoms with E-state index in [4.69, 9.17) is 11.6 Å². The fourth-order valence-corrected chi connectivity index (χ4v) is 1.57. The Balaban J connectivity index is 2.71. The van der Waals surface area contributed by atoms with Gasteiger partial charge >= 0.3 is 0 Å². The zero-order valence-corrected chi connectivity index (χ0v) is 10.6. The molecule has 4 heteroatoms. The standard InChI is InChI=1S/C12H17ClN2O/c1-4-14-12(2,3)11(16)15-10-7-5-6-9(13)8-10/h5-8,14H,4H2,1-3H3,(H,15,16). The third kappa shape index (κ3) is 3.51. The number of carbonyl (C=O) groups is 1. The van der Waals surface area contributed by atoms with E-state index in [1.807, 2.05) is 26.8 Å². The Morgan fingerprint density at radius 2 is 2.12 bits per heavy atom. The van der Waals surface area contributed by atoms with Gasteiger partial charge in [-0.25, -0.2) is 0 Å². The lowest BCUT2D eigenvalue weighted by Gasteiger charge is -2.24. The van der Waals surface area contributed by atoms with Crippen molar-refractivity contribution in [2.24, 2.45) is 0 Å². The molecule has 0 atom stereocenters. The van der Waals surface area contributed by atoms with Crippen LogP contribution in [0.25, 0.3) is 0 Å². The van der Waals surface area contributed by atoms with E-state index in [1.165, 1.54) is 0 Å². The maximum absolute atomic E-state index is 11.9. The summed E-state index contributed by atoms with van der Waals surface area (Å²) in [5, 5.41) is 6.54. The van der Waals surface area contributed by atoms with Crippen LogP contribution in [-0.4, -0.2) is 18.0 Å². The lowest BCUT2D eigenvalue weighted by molar-refractivity contribution is -0.121. The van der Waals surface area contributed by atoms with Gasteiger partial charge in [-0.15, -0.1) is 0 Å². The fraction of sp³-hybridized carbons (Fsp3) is 0.417. The number of likely N-dealkylation sites (N-methyl/N-ethyl adjacent to an activating group) is 1. The first kappa shape index (κ1) is 13.0. The molecule has 0 aromatic heterocycles. The molecule has 1 amide bonds. The molecule has 0 saturated heterocycles. The third-order valence-corrected chi connectivity index (χ3v) is 2.50. The van der Waals surface area contributed by atoms with E-state index in [-0.39, 0.29) is 5.91 Å². The lowest BCUT2D eigenvalue weighted by atomic mass is 10.0. The summed E-state index contributed by atoms with van der Waals surface area (Å²) in [4.78, 5) is 11.9. The Hall–Kier alpha value is -1.06. The molecule has 0 aliphatic rings. The summed E-state index contributed by atoms with van der Waals surface area (Å²) in [6, 6.07) is 7.11. The van der Waals surface area contributed by atoms with Crippen LogP contribution in [0.4, 0.5) is 5.69 Å². The van der Waals surface area contributed by atoms with E-state index in [1.54, 1.807) is 18.2 Å². The molecule has 0 unspecified atom stereocenters. The van der Waals surface area contributed by atoms with Crippen molar-refractivity contribution >= 4 is 23.2 Å². The normalized spacial score (nSPS) is 11.2. The van der Waals surface area contributed by atoms with Crippen LogP contribution in [0.5, 0.6) is 0 Å². The molecule has 0 spiro atoms. The number of halogens is 1. The van der Waals surface area contributed by atoms with Gasteiger partial charge in [-0.2, -0.15) is 0 Å². The van der Waals surface area contributed by atoms with Crippen molar-refractivity contribution in [3.63, 3.8) is 0 Å². The second kappa shape index (κ2) is 5.32. The SMILES string of the molecule is CCNC(C)(C)C(=O)Nc1cccc(Cl)c1. The van der Waals surface area contributed by atoms with Crippen molar-refractivity contribution in [3.05, 3.63) is 29.3 Å². The first-order chi connectivity index (χ1) is 7.45. The van der Waals surface area contributed by atoms with Gasteiger partial charge in [-0.05, 0) is 38.6 Å². The summed E-state index contributed by atoms with van der Waals surface area (Å²) in [5.74, 6) is -0.0726. The van der Waals surface area contributed by atoms with E-state index in [2.05, 4.69) is 10.6 Å².